The Hall–Kier alpha value is -0.650. The Kier molecular flexibility index (Phi) is 4.36. The summed E-state index contributed by atoms with van der Waals surface area (Å²) in [5.74, 6) is -0.222. The predicted molar refractivity (Wildman–Crippen MR) is 63.8 cm³/mol. The van der Waals surface area contributed by atoms with Gasteiger partial charge < -0.3 is 14.8 Å². The van der Waals surface area contributed by atoms with Gasteiger partial charge in [0.15, 0.2) is 0 Å². The molecule has 2 heterocycles. The van der Waals surface area contributed by atoms with Crippen molar-refractivity contribution >= 4 is 5.97 Å². The fourth-order valence-corrected chi connectivity index (χ4v) is 2.58. The first kappa shape index (κ1) is 12.8. The van der Waals surface area contributed by atoms with Gasteiger partial charge in [-0.1, -0.05) is 0 Å². The van der Waals surface area contributed by atoms with Crippen molar-refractivity contribution < 1.29 is 14.3 Å². The number of carbonyl (C=O) groups excluding carboxylic acids is 1. The normalized spacial score (nSPS) is 30.9. The van der Waals surface area contributed by atoms with Gasteiger partial charge in [0.05, 0.1) is 19.8 Å². The van der Waals surface area contributed by atoms with Crippen LogP contribution in [-0.2, 0) is 14.3 Å². The van der Waals surface area contributed by atoms with Crippen LogP contribution in [0.3, 0.4) is 0 Å². The van der Waals surface area contributed by atoms with Gasteiger partial charge >= 0.3 is 5.97 Å². The van der Waals surface area contributed by atoms with Gasteiger partial charge in [0.25, 0.3) is 0 Å². The number of hydrogen-bond donors (Lipinski definition) is 1. The molecule has 2 saturated heterocycles. The molecule has 0 aromatic heterocycles. The molecule has 5 nitrogen and oxygen atoms in total. The molecule has 2 fully saturated rings. The lowest BCUT2D eigenvalue weighted by Gasteiger charge is -2.35. The van der Waals surface area contributed by atoms with Gasteiger partial charge in [0.1, 0.15) is 6.04 Å². The van der Waals surface area contributed by atoms with E-state index in [0.29, 0.717) is 12.6 Å². The minimum atomic E-state index is -0.264. The molecule has 1 N–H and O–H groups in total. The predicted octanol–water partition coefficient (Wildman–Crippen LogP) is 0.000700. The molecule has 0 bridgehead atoms. The van der Waals surface area contributed by atoms with Crippen LogP contribution in [0.2, 0.25) is 0 Å². The van der Waals surface area contributed by atoms with Crippen LogP contribution in [0, 0.1) is 0 Å². The third kappa shape index (κ3) is 3.18. The average Bonchev–Trinajstić information content (AvgIpc) is 2.82. The molecule has 0 aromatic rings. The van der Waals surface area contributed by atoms with Crippen molar-refractivity contribution in [2.45, 2.75) is 38.0 Å². The van der Waals surface area contributed by atoms with Crippen molar-refractivity contribution in [2.75, 3.05) is 33.4 Å². The summed E-state index contributed by atoms with van der Waals surface area (Å²) in [5.41, 5.74) is 0. The van der Waals surface area contributed by atoms with Crippen molar-refractivity contribution in [3.05, 3.63) is 0 Å². The fraction of sp³-hybridized carbons (Fsp3) is 0.917. The number of hydrogen-bond acceptors (Lipinski definition) is 5. The molecule has 2 rings (SSSR count). The van der Waals surface area contributed by atoms with Crippen molar-refractivity contribution in [3.8, 4) is 0 Å². The van der Waals surface area contributed by atoms with E-state index in [4.69, 9.17) is 4.74 Å². The molecule has 2 aliphatic rings. The zero-order valence-corrected chi connectivity index (χ0v) is 10.6. The molecule has 3 atom stereocenters. The van der Waals surface area contributed by atoms with Crippen LogP contribution < -0.4 is 5.32 Å². The molecule has 98 valence electrons. The third-order valence-electron chi connectivity index (χ3n) is 3.67. The number of nitrogens with zero attached hydrogens (tertiary/aromatic N) is 1. The van der Waals surface area contributed by atoms with Gasteiger partial charge in [0.2, 0.25) is 0 Å². The first-order chi connectivity index (χ1) is 8.20. The van der Waals surface area contributed by atoms with E-state index in [9.17, 15) is 4.79 Å². The SMILES string of the molecule is COC(=O)C(C)NCC1CN2CCCC2CO1. The topological polar surface area (TPSA) is 50.8 Å². The summed E-state index contributed by atoms with van der Waals surface area (Å²) in [6.45, 7) is 5.52. The third-order valence-corrected chi connectivity index (χ3v) is 3.67. The lowest BCUT2D eigenvalue weighted by atomic mass is 10.2. The smallest absolute Gasteiger partial charge is 0.322 e. The van der Waals surface area contributed by atoms with E-state index in [0.717, 1.165) is 13.2 Å². The van der Waals surface area contributed by atoms with E-state index in [-0.39, 0.29) is 18.1 Å². The molecule has 0 radical (unpaired) electrons. The van der Waals surface area contributed by atoms with E-state index in [1.165, 1.54) is 26.5 Å². The van der Waals surface area contributed by atoms with E-state index < -0.39 is 0 Å². The molecule has 0 amide bonds. The van der Waals surface area contributed by atoms with Gasteiger partial charge in [-0.15, -0.1) is 0 Å². The van der Waals surface area contributed by atoms with E-state index in [2.05, 4.69) is 15.0 Å². The number of nitrogens with one attached hydrogen (secondary N) is 1. The summed E-state index contributed by atoms with van der Waals surface area (Å²) in [5, 5.41) is 3.16. The highest BCUT2D eigenvalue weighted by atomic mass is 16.5. The highest BCUT2D eigenvalue weighted by molar-refractivity contribution is 5.75. The van der Waals surface area contributed by atoms with Gasteiger partial charge in [-0.25, -0.2) is 0 Å². The molecule has 0 spiro atoms. The maximum atomic E-state index is 11.2. The second kappa shape index (κ2) is 5.80. The van der Waals surface area contributed by atoms with Crippen LogP contribution in [0.25, 0.3) is 0 Å². The quantitative estimate of drug-likeness (QED) is 0.703. The maximum absolute atomic E-state index is 11.2. The minimum absolute atomic E-state index is 0.191. The molecule has 0 aliphatic carbocycles. The van der Waals surface area contributed by atoms with Crippen LogP contribution in [0.15, 0.2) is 0 Å². The number of ether oxygens (including phenoxy) is 2. The summed E-state index contributed by atoms with van der Waals surface area (Å²) in [6, 6.07) is 0.365. The summed E-state index contributed by atoms with van der Waals surface area (Å²) in [7, 11) is 1.41. The monoisotopic (exact) mass is 242 g/mol. The summed E-state index contributed by atoms with van der Waals surface area (Å²) >= 11 is 0. The van der Waals surface area contributed by atoms with Crippen molar-refractivity contribution in [1.29, 1.82) is 0 Å². The number of methoxy groups -OCH3 is 1. The number of rotatable bonds is 4. The van der Waals surface area contributed by atoms with Gasteiger partial charge in [-0.05, 0) is 26.3 Å². The van der Waals surface area contributed by atoms with Crippen molar-refractivity contribution in [2.24, 2.45) is 0 Å². The number of esters is 1. The minimum Gasteiger partial charge on any atom is -0.468 e. The Balaban J connectivity index is 1.71. The maximum Gasteiger partial charge on any atom is 0.322 e. The zero-order chi connectivity index (χ0) is 12.3. The molecule has 3 unspecified atom stereocenters. The first-order valence-corrected chi connectivity index (χ1v) is 6.37. The molecule has 2 aliphatic heterocycles. The Morgan fingerprint density at radius 1 is 1.65 bits per heavy atom. The van der Waals surface area contributed by atoms with Crippen LogP contribution in [0.4, 0.5) is 0 Å². The summed E-state index contributed by atoms with van der Waals surface area (Å²) in [4.78, 5) is 13.7. The Morgan fingerprint density at radius 2 is 2.47 bits per heavy atom. The van der Waals surface area contributed by atoms with Crippen molar-refractivity contribution in [1.82, 2.24) is 10.2 Å². The molecule has 5 heteroatoms. The molecule has 0 saturated carbocycles. The fourth-order valence-electron chi connectivity index (χ4n) is 2.58. The Labute approximate surface area is 102 Å². The van der Waals surface area contributed by atoms with Gasteiger partial charge in [-0.3, -0.25) is 9.69 Å². The lowest BCUT2D eigenvalue weighted by Crippen LogP contribution is -2.51. The standard InChI is InChI=1S/C12H22N2O3/c1-9(12(15)16-2)13-6-11-7-14-5-3-4-10(14)8-17-11/h9-11,13H,3-8H2,1-2H3. The molecule has 17 heavy (non-hydrogen) atoms. The van der Waals surface area contributed by atoms with Gasteiger partial charge in [0, 0.05) is 19.1 Å². The molecular weight excluding hydrogens is 220 g/mol. The van der Waals surface area contributed by atoms with E-state index in [1.54, 1.807) is 0 Å². The Morgan fingerprint density at radius 3 is 3.24 bits per heavy atom. The van der Waals surface area contributed by atoms with Crippen LogP contribution in [0.1, 0.15) is 19.8 Å². The lowest BCUT2D eigenvalue weighted by molar-refractivity contribution is -0.142. The number of fused-ring (bicyclic) bond motifs is 1. The first-order valence-electron chi connectivity index (χ1n) is 6.37. The van der Waals surface area contributed by atoms with Crippen LogP contribution >= 0.6 is 0 Å². The molecular formula is C12H22N2O3. The van der Waals surface area contributed by atoms with E-state index in [1.807, 2.05) is 6.92 Å². The second-order valence-corrected chi connectivity index (χ2v) is 4.90. The summed E-state index contributed by atoms with van der Waals surface area (Å²) < 4.78 is 10.5. The van der Waals surface area contributed by atoms with E-state index >= 15 is 0 Å². The number of morpholine rings is 1. The molecule has 0 aromatic carbocycles. The highest BCUT2D eigenvalue weighted by Crippen LogP contribution is 2.22. The van der Waals surface area contributed by atoms with Crippen LogP contribution in [-0.4, -0.2) is 62.4 Å². The second-order valence-electron chi connectivity index (χ2n) is 4.90. The highest BCUT2D eigenvalue weighted by Gasteiger charge is 2.32. The largest absolute Gasteiger partial charge is 0.468 e. The van der Waals surface area contributed by atoms with Crippen LogP contribution in [0.5, 0.6) is 0 Å². The summed E-state index contributed by atoms with van der Waals surface area (Å²) in [6.07, 6.45) is 2.74. The number of carbonyl (C=O) groups is 1. The van der Waals surface area contributed by atoms with Crippen molar-refractivity contribution in [3.63, 3.8) is 0 Å². The Bertz CT molecular complexity index is 272. The van der Waals surface area contributed by atoms with Gasteiger partial charge in [-0.2, -0.15) is 0 Å². The average molecular weight is 242 g/mol. The zero-order valence-electron chi connectivity index (χ0n) is 10.6.